The molecule has 0 spiro atoms. The number of hydrogen-bond acceptors (Lipinski definition) is 3. The second-order valence-corrected chi connectivity index (χ2v) is 9.02. The quantitative estimate of drug-likeness (QED) is 0.237. The highest BCUT2D eigenvalue weighted by atomic mass is 79.9. The van der Waals surface area contributed by atoms with Crippen LogP contribution in [-0.4, -0.2) is 21.3 Å². The van der Waals surface area contributed by atoms with Gasteiger partial charge in [-0.15, -0.1) is 0 Å². The summed E-state index contributed by atoms with van der Waals surface area (Å²) in [4.78, 5) is 0. The van der Waals surface area contributed by atoms with Crippen molar-refractivity contribution in [3.63, 3.8) is 0 Å². The van der Waals surface area contributed by atoms with Crippen molar-refractivity contribution >= 4 is 15.9 Å². The predicted octanol–water partition coefficient (Wildman–Crippen LogP) is 8.80. The van der Waals surface area contributed by atoms with Gasteiger partial charge in [-0.05, 0) is 53.9 Å². The first kappa shape index (κ1) is 25.6. The van der Waals surface area contributed by atoms with Crippen LogP contribution in [0.5, 0.6) is 17.2 Å². The molecule has 4 aromatic carbocycles. The summed E-state index contributed by atoms with van der Waals surface area (Å²) in [5.41, 5.74) is 1.36. The van der Waals surface area contributed by atoms with Gasteiger partial charge in [0.05, 0.1) is 26.9 Å². The molecule has 0 saturated carbocycles. The van der Waals surface area contributed by atoms with E-state index in [2.05, 4.69) is 15.9 Å². The van der Waals surface area contributed by atoms with Crippen LogP contribution in [0.3, 0.4) is 0 Å². The minimum absolute atomic E-state index is 0.0214. The SMILES string of the molecule is COc1ccccc1-c1c(OC)cc(-c2ccccc2C)c(C(F)(F)F)c1-c1cc(Br)ccc1OC. The third kappa shape index (κ3) is 4.67. The van der Waals surface area contributed by atoms with Gasteiger partial charge in [-0.3, -0.25) is 0 Å². The lowest BCUT2D eigenvalue weighted by atomic mass is 9.83. The molecule has 0 amide bonds. The molecule has 186 valence electrons. The number of rotatable bonds is 6. The van der Waals surface area contributed by atoms with Gasteiger partial charge in [0.25, 0.3) is 0 Å². The van der Waals surface area contributed by atoms with Gasteiger partial charge < -0.3 is 14.2 Å². The van der Waals surface area contributed by atoms with Crippen LogP contribution in [0.25, 0.3) is 33.4 Å². The second kappa shape index (κ2) is 10.3. The lowest BCUT2D eigenvalue weighted by molar-refractivity contribution is -0.136. The topological polar surface area (TPSA) is 27.7 Å². The Labute approximate surface area is 216 Å². The average molecular weight is 557 g/mol. The summed E-state index contributed by atoms with van der Waals surface area (Å²) in [6, 6.07) is 20.4. The first-order valence-corrected chi connectivity index (χ1v) is 11.9. The minimum atomic E-state index is -4.71. The zero-order valence-electron chi connectivity index (χ0n) is 20.2. The summed E-state index contributed by atoms with van der Waals surface area (Å²) >= 11 is 3.42. The average Bonchev–Trinajstić information content (AvgIpc) is 2.87. The number of aryl methyl sites for hydroxylation is 1. The Morgan fingerprint density at radius 2 is 1.19 bits per heavy atom. The first-order valence-electron chi connectivity index (χ1n) is 11.1. The molecule has 0 fully saturated rings. The third-order valence-electron chi connectivity index (χ3n) is 6.04. The number of hydrogen-bond donors (Lipinski definition) is 0. The standard InChI is InChI=1S/C29H24BrF3O3/c1-17-9-5-6-10-19(17)21-16-25(36-4)26(20-11-7-8-12-23(20)34-2)27(28(21)29(31,32)33)22-15-18(30)13-14-24(22)35-3/h5-16H,1-4H3. The van der Waals surface area contributed by atoms with Crippen molar-refractivity contribution in [2.75, 3.05) is 21.3 Å². The summed E-state index contributed by atoms with van der Waals surface area (Å²) in [5.74, 6) is 0.995. The molecular weight excluding hydrogens is 533 g/mol. The molecule has 0 atom stereocenters. The van der Waals surface area contributed by atoms with Crippen LogP contribution in [0.1, 0.15) is 11.1 Å². The Balaban J connectivity index is 2.31. The Morgan fingerprint density at radius 3 is 1.81 bits per heavy atom. The lowest BCUT2D eigenvalue weighted by Crippen LogP contribution is -2.12. The number of para-hydroxylation sites is 1. The summed E-state index contributed by atoms with van der Waals surface area (Å²) in [7, 11) is 4.37. The maximum absolute atomic E-state index is 15.1. The zero-order valence-corrected chi connectivity index (χ0v) is 21.8. The number of halogens is 4. The maximum Gasteiger partial charge on any atom is 0.417 e. The molecule has 0 unspecified atom stereocenters. The minimum Gasteiger partial charge on any atom is -0.496 e. The van der Waals surface area contributed by atoms with Gasteiger partial charge in [0.2, 0.25) is 0 Å². The summed E-state index contributed by atoms with van der Waals surface area (Å²) < 4.78 is 62.9. The Kier molecular flexibility index (Phi) is 7.31. The van der Waals surface area contributed by atoms with Gasteiger partial charge in [0, 0.05) is 26.7 Å². The van der Waals surface area contributed by atoms with E-state index in [0.717, 1.165) is 0 Å². The highest BCUT2D eigenvalue weighted by Gasteiger charge is 2.40. The Hall–Kier alpha value is -3.45. The molecule has 0 aliphatic carbocycles. The van der Waals surface area contributed by atoms with Crippen molar-refractivity contribution in [2.45, 2.75) is 13.1 Å². The summed E-state index contributed by atoms with van der Waals surface area (Å²) in [6.45, 7) is 1.79. The molecule has 7 heteroatoms. The van der Waals surface area contributed by atoms with Crippen LogP contribution in [0, 0.1) is 6.92 Å². The number of methoxy groups -OCH3 is 3. The van der Waals surface area contributed by atoms with Gasteiger partial charge >= 0.3 is 6.18 Å². The van der Waals surface area contributed by atoms with Crippen molar-refractivity contribution in [1.82, 2.24) is 0 Å². The molecule has 0 aromatic heterocycles. The van der Waals surface area contributed by atoms with Crippen LogP contribution >= 0.6 is 15.9 Å². The van der Waals surface area contributed by atoms with Crippen LogP contribution in [0.15, 0.2) is 77.3 Å². The molecule has 0 aliphatic rings. The highest BCUT2D eigenvalue weighted by Crippen LogP contribution is 2.54. The number of alkyl halides is 3. The number of benzene rings is 4. The molecule has 0 radical (unpaired) electrons. The molecule has 3 nitrogen and oxygen atoms in total. The molecule has 4 aromatic rings. The summed E-state index contributed by atoms with van der Waals surface area (Å²) in [5, 5.41) is 0. The van der Waals surface area contributed by atoms with E-state index in [-0.39, 0.29) is 28.0 Å². The first-order chi connectivity index (χ1) is 17.2. The fraction of sp³-hybridized carbons (Fsp3) is 0.172. The zero-order chi connectivity index (χ0) is 26.0. The monoisotopic (exact) mass is 556 g/mol. The van der Waals surface area contributed by atoms with Crippen LogP contribution in [0.4, 0.5) is 13.2 Å². The Morgan fingerprint density at radius 1 is 0.611 bits per heavy atom. The van der Waals surface area contributed by atoms with E-state index in [0.29, 0.717) is 32.7 Å². The number of ether oxygens (including phenoxy) is 3. The smallest absolute Gasteiger partial charge is 0.417 e. The molecule has 0 bridgehead atoms. The highest BCUT2D eigenvalue weighted by molar-refractivity contribution is 9.10. The van der Waals surface area contributed by atoms with Crippen LogP contribution in [0.2, 0.25) is 0 Å². The van der Waals surface area contributed by atoms with E-state index < -0.39 is 11.7 Å². The fourth-order valence-corrected chi connectivity index (χ4v) is 4.83. The van der Waals surface area contributed by atoms with E-state index in [1.807, 2.05) is 0 Å². The van der Waals surface area contributed by atoms with E-state index in [4.69, 9.17) is 14.2 Å². The van der Waals surface area contributed by atoms with Crippen molar-refractivity contribution in [1.29, 1.82) is 0 Å². The molecule has 36 heavy (non-hydrogen) atoms. The molecule has 0 aliphatic heterocycles. The van der Waals surface area contributed by atoms with Gasteiger partial charge in [0.1, 0.15) is 17.2 Å². The Bertz CT molecular complexity index is 1410. The van der Waals surface area contributed by atoms with Gasteiger partial charge in [-0.2, -0.15) is 13.2 Å². The maximum atomic E-state index is 15.1. The van der Waals surface area contributed by atoms with E-state index >= 15 is 13.2 Å². The van der Waals surface area contributed by atoms with Crippen molar-refractivity contribution in [3.05, 3.63) is 88.4 Å². The molecule has 0 N–H and O–H groups in total. The van der Waals surface area contributed by atoms with Crippen molar-refractivity contribution < 1.29 is 27.4 Å². The molecule has 0 saturated heterocycles. The van der Waals surface area contributed by atoms with Crippen LogP contribution < -0.4 is 14.2 Å². The van der Waals surface area contributed by atoms with Crippen molar-refractivity contribution in [3.8, 4) is 50.6 Å². The van der Waals surface area contributed by atoms with Gasteiger partial charge in [-0.1, -0.05) is 58.4 Å². The van der Waals surface area contributed by atoms with Crippen molar-refractivity contribution in [2.24, 2.45) is 0 Å². The van der Waals surface area contributed by atoms with E-state index in [1.165, 1.54) is 27.4 Å². The van der Waals surface area contributed by atoms with Gasteiger partial charge in [-0.25, -0.2) is 0 Å². The predicted molar refractivity (Wildman–Crippen MR) is 140 cm³/mol. The fourth-order valence-electron chi connectivity index (χ4n) is 4.46. The molecule has 4 rings (SSSR count). The molecular formula is C29H24BrF3O3. The van der Waals surface area contributed by atoms with Gasteiger partial charge in [0.15, 0.2) is 0 Å². The normalized spacial score (nSPS) is 11.3. The third-order valence-corrected chi connectivity index (χ3v) is 6.53. The molecule has 0 heterocycles. The van der Waals surface area contributed by atoms with Crippen LogP contribution in [-0.2, 0) is 6.18 Å². The summed E-state index contributed by atoms with van der Waals surface area (Å²) in [6.07, 6.45) is -4.71. The second-order valence-electron chi connectivity index (χ2n) is 8.11. The lowest BCUT2D eigenvalue weighted by Gasteiger charge is -2.26. The van der Waals surface area contributed by atoms with E-state index in [1.54, 1.807) is 73.7 Å². The van der Waals surface area contributed by atoms with E-state index in [9.17, 15) is 0 Å². The largest absolute Gasteiger partial charge is 0.496 e.